The van der Waals surface area contributed by atoms with Crippen molar-refractivity contribution >= 4 is 30.3 Å². The molecular formula is C42H80NO11+. The minimum absolute atomic E-state index is 0.137. The van der Waals surface area contributed by atoms with E-state index < -0.39 is 30.8 Å². The highest BCUT2D eigenvalue weighted by molar-refractivity contribution is 5.71. The minimum Gasteiger partial charge on any atom is -0.464 e. The standard InChI is InChI=1S/C33H59NO11.C9H20/c1-3-5-7-9-11-13-17-30(37)42-25-28(23-35)44-32(39)19-15-21-34-22-16-20-33(40)45-29(24-41-27-36)26-43-31(38)18-14-12-10-8-6-4-2;1-3-5-7-9-8-6-4-2/h27-29,34-35H,3-26H2,1-2H3;3-9H2,1-2H3/p+1. The van der Waals surface area contributed by atoms with Gasteiger partial charge in [0.05, 0.1) is 32.5 Å². The van der Waals surface area contributed by atoms with Crippen LogP contribution in [0.3, 0.4) is 0 Å². The summed E-state index contributed by atoms with van der Waals surface area (Å²) in [5, 5.41) is 11.4. The highest BCUT2D eigenvalue weighted by Gasteiger charge is 2.19. The van der Waals surface area contributed by atoms with Gasteiger partial charge in [-0.2, -0.15) is 0 Å². The number of nitrogens with two attached hydrogens (primary N) is 1. The zero-order valence-electron chi connectivity index (χ0n) is 34.8. The lowest BCUT2D eigenvalue weighted by Gasteiger charge is -2.17. The van der Waals surface area contributed by atoms with Crippen LogP contribution >= 0.6 is 0 Å². The molecule has 0 aromatic rings. The molecular weight excluding hydrogens is 694 g/mol. The quantitative estimate of drug-likeness (QED) is 0.0277. The van der Waals surface area contributed by atoms with Crippen LogP contribution < -0.4 is 5.32 Å². The number of hydrogen-bond acceptors (Lipinski definition) is 11. The van der Waals surface area contributed by atoms with E-state index in [9.17, 15) is 29.1 Å². The van der Waals surface area contributed by atoms with Crippen LogP contribution in [0.2, 0.25) is 0 Å². The number of unbranched alkanes of at least 4 members (excludes halogenated alkanes) is 16. The van der Waals surface area contributed by atoms with Gasteiger partial charge in [0, 0.05) is 25.7 Å². The lowest BCUT2D eigenvalue weighted by atomic mass is 10.1. The van der Waals surface area contributed by atoms with E-state index in [-0.39, 0.29) is 51.1 Å². The van der Waals surface area contributed by atoms with Crippen molar-refractivity contribution in [1.82, 2.24) is 0 Å². The first-order valence-electron chi connectivity index (χ1n) is 21.5. The van der Waals surface area contributed by atoms with Gasteiger partial charge in [-0.05, 0) is 12.8 Å². The molecule has 0 saturated carbocycles. The monoisotopic (exact) mass is 775 g/mol. The molecule has 2 atom stereocenters. The summed E-state index contributed by atoms with van der Waals surface area (Å²) >= 11 is 0. The first kappa shape index (κ1) is 53.4. The number of quaternary nitrogens is 1. The molecule has 0 spiro atoms. The van der Waals surface area contributed by atoms with Gasteiger partial charge in [-0.15, -0.1) is 0 Å². The maximum absolute atomic E-state index is 12.2. The molecule has 0 aliphatic heterocycles. The van der Waals surface area contributed by atoms with Gasteiger partial charge in [0.15, 0.2) is 12.2 Å². The summed E-state index contributed by atoms with van der Waals surface area (Å²) in [6.07, 6.45) is 22.9. The molecule has 0 aliphatic rings. The van der Waals surface area contributed by atoms with Crippen molar-refractivity contribution in [3.63, 3.8) is 0 Å². The highest BCUT2D eigenvalue weighted by Crippen LogP contribution is 2.10. The van der Waals surface area contributed by atoms with Gasteiger partial charge in [0.2, 0.25) is 0 Å². The summed E-state index contributed by atoms with van der Waals surface area (Å²) in [6, 6.07) is 0. The van der Waals surface area contributed by atoms with E-state index in [1.165, 1.54) is 70.6 Å². The van der Waals surface area contributed by atoms with Crippen molar-refractivity contribution in [3.05, 3.63) is 0 Å². The fourth-order valence-electron chi connectivity index (χ4n) is 5.45. The van der Waals surface area contributed by atoms with Gasteiger partial charge in [-0.1, -0.05) is 137 Å². The first-order valence-corrected chi connectivity index (χ1v) is 21.5. The minimum atomic E-state index is -0.884. The number of rotatable bonds is 38. The molecule has 12 heteroatoms. The van der Waals surface area contributed by atoms with Gasteiger partial charge >= 0.3 is 23.9 Å². The summed E-state index contributed by atoms with van der Waals surface area (Å²) in [5.41, 5.74) is 0. The largest absolute Gasteiger partial charge is 0.464 e. The summed E-state index contributed by atoms with van der Waals surface area (Å²) in [6.45, 7) is 9.38. The second kappa shape index (κ2) is 43.0. The van der Waals surface area contributed by atoms with Crippen molar-refractivity contribution in [1.29, 1.82) is 0 Å². The predicted octanol–water partition coefficient (Wildman–Crippen LogP) is 7.44. The van der Waals surface area contributed by atoms with Crippen LogP contribution in [0.25, 0.3) is 0 Å². The fraction of sp³-hybridized carbons (Fsp3) is 0.881. The number of aliphatic hydroxyl groups is 1. The van der Waals surface area contributed by atoms with Crippen molar-refractivity contribution in [2.24, 2.45) is 0 Å². The van der Waals surface area contributed by atoms with E-state index in [1.54, 1.807) is 0 Å². The third-order valence-electron chi connectivity index (χ3n) is 8.76. The summed E-state index contributed by atoms with van der Waals surface area (Å²) in [5.74, 6) is -1.69. The number of carbonyl (C=O) groups excluding carboxylic acids is 5. The number of aliphatic hydroxyl groups excluding tert-OH is 1. The van der Waals surface area contributed by atoms with Crippen LogP contribution in [0.1, 0.15) is 188 Å². The molecule has 12 nitrogen and oxygen atoms in total. The van der Waals surface area contributed by atoms with Crippen LogP contribution in [-0.2, 0) is 47.7 Å². The van der Waals surface area contributed by atoms with Gasteiger partial charge < -0.3 is 34.1 Å². The Morgan fingerprint density at radius 2 is 0.833 bits per heavy atom. The van der Waals surface area contributed by atoms with E-state index in [4.69, 9.17) is 23.7 Å². The third kappa shape index (κ3) is 40.5. The molecule has 54 heavy (non-hydrogen) atoms. The molecule has 0 aromatic carbocycles. The van der Waals surface area contributed by atoms with Gasteiger partial charge in [-0.3, -0.25) is 24.0 Å². The molecule has 0 amide bonds. The SMILES string of the molecule is CCCCCCCCC.CCCCCCCCC(=O)OCC(CO)OC(=O)CCC[NH2+]CCCC(=O)OC(COC=O)COC(=O)CCCCCCCC. The summed E-state index contributed by atoms with van der Waals surface area (Å²) in [7, 11) is 0. The normalized spacial score (nSPS) is 11.8. The van der Waals surface area contributed by atoms with Crippen molar-refractivity contribution in [3.8, 4) is 0 Å². The summed E-state index contributed by atoms with van der Waals surface area (Å²) in [4.78, 5) is 58.8. The Morgan fingerprint density at radius 3 is 1.22 bits per heavy atom. The zero-order chi connectivity index (χ0) is 40.3. The number of ether oxygens (including phenoxy) is 5. The maximum Gasteiger partial charge on any atom is 0.306 e. The van der Waals surface area contributed by atoms with Crippen LogP contribution in [-0.4, -0.2) is 87.2 Å². The molecule has 0 saturated heterocycles. The Kier molecular flexibility index (Phi) is 42.5. The van der Waals surface area contributed by atoms with Crippen LogP contribution in [0.4, 0.5) is 0 Å². The topological polar surface area (TPSA) is 168 Å². The van der Waals surface area contributed by atoms with E-state index in [0.29, 0.717) is 38.8 Å². The van der Waals surface area contributed by atoms with Crippen molar-refractivity contribution in [2.45, 2.75) is 200 Å². The number of esters is 4. The lowest BCUT2D eigenvalue weighted by Crippen LogP contribution is -2.84. The Labute approximate surface area is 327 Å². The molecule has 0 aromatic heterocycles. The molecule has 318 valence electrons. The lowest BCUT2D eigenvalue weighted by molar-refractivity contribution is -0.655. The molecule has 3 N–H and O–H groups in total. The maximum atomic E-state index is 12.2. The second-order valence-electron chi connectivity index (χ2n) is 14.1. The zero-order valence-corrected chi connectivity index (χ0v) is 34.8. The van der Waals surface area contributed by atoms with Crippen LogP contribution in [0, 0.1) is 0 Å². The number of hydrogen-bond donors (Lipinski definition) is 2. The smallest absolute Gasteiger partial charge is 0.306 e. The van der Waals surface area contributed by atoms with Crippen LogP contribution in [0.15, 0.2) is 0 Å². The van der Waals surface area contributed by atoms with Gasteiger partial charge in [-0.25, -0.2) is 0 Å². The Balaban J connectivity index is 0. The summed E-state index contributed by atoms with van der Waals surface area (Å²) < 4.78 is 25.6. The predicted molar refractivity (Wildman–Crippen MR) is 211 cm³/mol. The average molecular weight is 775 g/mol. The van der Waals surface area contributed by atoms with Gasteiger partial charge in [0.25, 0.3) is 6.47 Å². The van der Waals surface area contributed by atoms with Crippen molar-refractivity contribution in [2.75, 3.05) is 39.5 Å². The van der Waals surface area contributed by atoms with E-state index >= 15 is 0 Å². The molecule has 0 radical (unpaired) electrons. The fourth-order valence-corrected chi connectivity index (χ4v) is 5.45. The Bertz CT molecular complexity index is 880. The molecule has 0 heterocycles. The first-order chi connectivity index (χ1) is 26.3. The average Bonchev–Trinajstić information content (AvgIpc) is 3.16. The Hall–Kier alpha value is -2.73. The van der Waals surface area contributed by atoms with Crippen LogP contribution in [0.5, 0.6) is 0 Å². The Morgan fingerprint density at radius 1 is 0.481 bits per heavy atom. The second-order valence-corrected chi connectivity index (χ2v) is 14.1. The molecule has 0 bridgehead atoms. The third-order valence-corrected chi connectivity index (χ3v) is 8.76. The van der Waals surface area contributed by atoms with E-state index in [0.717, 1.165) is 51.4 Å². The van der Waals surface area contributed by atoms with E-state index in [2.05, 4.69) is 27.7 Å². The van der Waals surface area contributed by atoms with Gasteiger partial charge in [0.1, 0.15) is 19.8 Å². The molecule has 0 rings (SSSR count). The molecule has 0 aliphatic carbocycles. The van der Waals surface area contributed by atoms with E-state index in [1.807, 2.05) is 5.32 Å². The number of carbonyl (C=O) groups is 5. The molecule has 2 unspecified atom stereocenters. The van der Waals surface area contributed by atoms with Crippen molar-refractivity contribution < 1.29 is 58.1 Å². The molecule has 0 fully saturated rings. The highest BCUT2D eigenvalue weighted by atomic mass is 16.6.